The average molecular weight is 335 g/mol. The van der Waals surface area contributed by atoms with Crippen molar-refractivity contribution in [2.24, 2.45) is 23.7 Å². The predicted molar refractivity (Wildman–Crippen MR) is 89.6 cm³/mol. The number of fused-ring (bicyclic) bond motifs is 4. The number of carbonyl (C=O) groups is 2. The average Bonchev–Trinajstić information content (AvgIpc) is 3.09. The molecule has 3 aliphatic heterocycles. The minimum Gasteiger partial charge on any atom is -0.465 e. The lowest BCUT2D eigenvalue weighted by Crippen LogP contribution is -2.60. The lowest BCUT2D eigenvalue weighted by molar-refractivity contribution is -0.133. The number of rotatable bonds is 4. The molecule has 24 heavy (non-hydrogen) atoms. The number of hydrogen-bond acceptors (Lipinski definition) is 3. The molecular formula is C18H29N3O3. The molecule has 6 nitrogen and oxygen atoms in total. The van der Waals surface area contributed by atoms with E-state index in [9.17, 15) is 14.7 Å². The van der Waals surface area contributed by atoms with Gasteiger partial charge in [0.15, 0.2) is 0 Å². The van der Waals surface area contributed by atoms with E-state index in [1.54, 1.807) is 4.90 Å². The summed E-state index contributed by atoms with van der Waals surface area (Å²) in [5, 5.41) is 9.33. The molecule has 1 N–H and O–H groups in total. The van der Waals surface area contributed by atoms with Crippen molar-refractivity contribution in [1.29, 1.82) is 0 Å². The van der Waals surface area contributed by atoms with E-state index in [-0.39, 0.29) is 12.0 Å². The first-order valence-electron chi connectivity index (χ1n) is 9.57. The third kappa shape index (κ3) is 2.41. The number of likely N-dealkylation sites (tertiary alicyclic amines) is 1. The van der Waals surface area contributed by atoms with Crippen molar-refractivity contribution in [2.45, 2.75) is 45.2 Å². The zero-order valence-electron chi connectivity index (χ0n) is 14.7. The number of carboxylic acid groups (broad SMARTS) is 1. The van der Waals surface area contributed by atoms with Gasteiger partial charge in [-0.2, -0.15) is 0 Å². The molecule has 2 unspecified atom stereocenters. The van der Waals surface area contributed by atoms with Crippen molar-refractivity contribution in [2.75, 3.05) is 32.7 Å². The molecular weight excluding hydrogens is 306 g/mol. The molecule has 2 saturated carbocycles. The Kier molecular flexibility index (Phi) is 3.98. The fourth-order valence-corrected chi connectivity index (χ4v) is 5.71. The van der Waals surface area contributed by atoms with Crippen LogP contribution in [-0.2, 0) is 4.79 Å². The Morgan fingerprint density at radius 2 is 1.75 bits per heavy atom. The van der Waals surface area contributed by atoms with E-state index in [2.05, 4.69) is 18.7 Å². The van der Waals surface area contributed by atoms with Crippen molar-refractivity contribution in [1.82, 2.24) is 14.7 Å². The second-order valence-electron chi connectivity index (χ2n) is 8.05. The SMILES string of the molecule is CCN(CC)C(=O)C1[C@H]2CN(C3C[C@@H]4CC[C@H]3CN4C(=O)O)C[C@@H]12. The summed E-state index contributed by atoms with van der Waals surface area (Å²) in [6.45, 7) is 8.53. The van der Waals surface area contributed by atoms with Crippen molar-refractivity contribution in [3.8, 4) is 0 Å². The highest BCUT2D eigenvalue weighted by Crippen LogP contribution is 2.54. The molecule has 134 valence electrons. The molecule has 3 saturated heterocycles. The highest BCUT2D eigenvalue weighted by Gasteiger charge is 2.61. The van der Waals surface area contributed by atoms with Crippen LogP contribution in [0.15, 0.2) is 0 Å². The maximum atomic E-state index is 12.5. The normalized spacial score (nSPS) is 40.5. The van der Waals surface area contributed by atoms with Gasteiger partial charge in [0.2, 0.25) is 5.91 Å². The molecule has 5 rings (SSSR count). The number of carbonyl (C=O) groups excluding carboxylic acids is 1. The van der Waals surface area contributed by atoms with Crippen LogP contribution in [0.1, 0.15) is 33.1 Å². The fourth-order valence-electron chi connectivity index (χ4n) is 5.71. The van der Waals surface area contributed by atoms with Crippen LogP contribution in [0.25, 0.3) is 0 Å². The molecule has 0 radical (unpaired) electrons. The first-order chi connectivity index (χ1) is 11.5. The van der Waals surface area contributed by atoms with E-state index >= 15 is 0 Å². The molecule has 0 spiro atoms. The van der Waals surface area contributed by atoms with E-state index in [1.165, 1.54) is 0 Å². The van der Waals surface area contributed by atoms with Crippen molar-refractivity contribution < 1.29 is 14.7 Å². The van der Waals surface area contributed by atoms with Gasteiger partial charge in [0.25, 0.3) is 0 Å². The summed E-state index contributed by atoms with van der Waals surface area (Å²) in [6, 6.07) is 0.749. The zero-order chi connectivity index (χ0) is 17.0. The number of piperidine rings is 3. The molecule has 0 aromatic carbocycles. The Balaban J connectivity index is 1.35. The van der Waals surface area contributed by atoms with Gasteiger partial charge in [-0.05, 0) is 50.9 Å². The van der Waals surface area contributed by atoms with Crippen LogP contribution in [0.4, 0.5) is 4.79 Å². The van der Waals surface area contributed by atoms with E-state index in [0.29, 0.717) is 36.2 Å². The van der Waals surface area contributed by atoms with Crippen molar-refractivity contribution in [3.63, 3.8) is 0 Å². The topological polar surface area (TPSA) is 64.1 Å². The third-order valence-electron chi connectivity index (χ3n) is 7.10. The summed E-state index contributed by atoms with van der Waals surface area (Å²) in [6.07, 6.45) is 2.42. The summed E-state index contributed by atoms with van der Waals surface area (Å²) in [7, 11) is 0. The van der Waals surface area contributed by atoms with Crippen LogP contribution >= 0.6 is 0 Å². The molecule has 3 heterocycles. The lowest BCUT2D eigenvalue weighted by atomic mass is 9.75. The van der Waals surface area contributed by atoms with Crippen LogP contribution in [0.5, 0.6) is 0 Å². The summed E-state index contributed by atoms with van der Waals surface area (Å²) in [4.78, 5) is 30.1. The Morgan fingerprint density at radius 3 is 2.25 bits per heavy atom. The standard InChI is InChI=1S/C18H29N3O3/c1-3-19(4-2)17(22)16-13-9-20(10-14(13)16)15-7-12-6-5-11(15)8-21(12)18(23)24/h11-16H,3-10H2,1-2H3,(H,23,24)/t11-,12-,13-,14+,15?,16?/m0/s1. The molecule has 5 fully saturated rings. The largest absolute Gasteiger partial charge is 0.465 e. The summed E-state index contributed by atoms with van der Waals surface area (Å²) in [5.74, 6) is 2.21. The third-order valence-corrected chi connectivity index (χ3v) is 7.10. The molecule has 6 heteroatoms. The Morgan fingerprint density at radius 1 is 1.08 bits per heavy atom. The maximum absolute atomic E-state index is 12.5. The molecule has 0 aromatic heterocycles. The van der Waals surface area contributed by atoms with Gasteiger partial charge in [-0.25, -0.2) is 4.79 Å². The van der Waals surface area contributed by atoms with Crippen molar-refractivity contribution in [3.05, 3.63) is 0 Å². The first-order valence-corrected chi connectivity index (χ1v) is 9.57. The van der Waals surface area contributed by atoms with Gasteiger partial charge in [-0.1, -0.05) is 0 Å². The van der Waals surface area contributed by atoms with E-state index in [1.807, 2.05) is 4.90 Å². The monoisotopic (exact) mass is 335 g/mol. The van der Waals surface area contributed by atoms with E-state index in [4.69, 9.17) is 0 Å². The minimum atomic E-state index is -0.752. The Hall–Kier alpha value is -1.30. The van der Waals surface area contributed by atoms with E-state index < -0.39 is 6.09 Å². The quantitative estimate of drug-likeness (QED) is 0.847. The van der Waals surface area contributed by atoms with Crippen LogP contribution in [0, 0.1) is 23.7 Å². The van der Waals surface area contributed by atoms with Gasteiger partial charge in [0.05, 0.1) is 0 Å². The number of amides is 2. The minimum absolute atomic E-state index is 0.211. The highest BCUT2D eigenvalue weighted by molar-refractivity contribution is 5.82. The van der Waals surface area contributed by atoms with Crippen LogP contribution in [0.3, 0.4) is 0 Å². The predicted octanol–water partition coefficient (Wildman–Crippen LogP) is 1.56. The molecule has 2 aliphatic carbocycles. The van der Waals surface area contributed by atoms with Crippen LogP contribution in [0.2, 0.25) is 0 Å². The smallest absolute Gasteiger partial charge is 0.407 e. The van der Waals surface area contributed by atoms with Crippen molar-refractivity contribution >= 4 is 12.0 Å². The molecule has 5 aliphatic rings. The Bertz CT molecular complexity index is 524. The van der Waals surface area contributed by atoms with Gasteiger partial charge >= 0.3 is 6.09 Å². The van der Waals surface area contributed by atoms with Gasteiger partial charge in [-0.3, -0.25) is 9.69 Å². The number of nitrogens with zero attached hydrogens (tertiary/aromatic N) is 3. The second-order valence-corrected chi connectivity index (χ2v) is 8.05. The first kappa shape index (κ1) is 16.2. The van der Waals surface area contributed by atoms with Gasteiger partial charge < -0.3 is 14.9 Å². The summed E-state index contributed by atoms with van der Waals surface area (Å²) in [5.41, 5.74) is 0. The summed E-state index contributed by atoms with van der Waals surface area (Å²) >= 11 is 0. The number of hydrogen-bond donors (Lipinski definition) is 1. The Labute approximate surface area is 143 Å². The maximum Gasteiger partial charge on any atom is 0.407 e. The zero-order valence-corrected chi connectivity index (χ0v) is 14.7. The van der Waals surface area contributed by atoms with Gasteiger partial charge in [0, 0.05) is 50.7 Å². The summed E-state index contributed by atoms with van der Waals surface area (Å²) < 4.78 is 0. The van der Waals surface area contributed by atoms with E-state index in [0.717, 1.165) is 45.4 Å². The van der Waals surface area contributed by atoms with Crippen LogP contribution in [-0.4, -0.2) is 76.6 Å². The van der Waals surface area contributed by atoms with Gasteiger partial charge in [-0.15, -0.1) is 0 Å². The van der Waals surface area contributed by atoms with Crippen LogP contribution < -0.4 is 0 Å². The van der Waals surface area contributed by atoms with Gasteiger partial charge in [0.1, 0.15) is 0 Å². The lowest BCUT2D eigenvalue weighted by Gasteiger charge is -2.51. The molecule has 6 atom stereocenters. The molecule has 0 aromatic rings. The fraction of sp³-hybridized carbons (Fsp3) is 0.889. The highest BCUT2D eigenvalue weighted by atomic mass is 16.4. The molecule has 2 bridgehead atoms. The second kappa shape index (κ2) is 5.90. The molecule has 2 amide bonds.